The van der Waals surface area contributed by atoms with Crippen LogP contribution in [-0.2, 0) is 16.8 Å². The Kier molecular flexibility index (Phi) is 6.15. The molecule has 1 fully saturated rings. The fourth-order valence-electron chi connectivity index (χ4n) is 4.68. The van der Waals surface area contributed by atoms with E-state index >= 15 is 0 Å². The van der Waals surface area contributed by atoms with Crippen molar-refractivity contribution in [1.29, 1.82) is 0 Å². The third-order valence-corrected chi connectivity index (χ3v) is 6.57. The summed E-state index contributed by atoms with van der Waals surface area (Å²) in [5, 5.41) is 19.6. The average molecular weight is 420 g/mol. The molecule has 5 nitrogen and oxygen atoms in total. The lowest BCUT2D eigenvalue weighted by Crippen LogP contribution is -2.21. The van der Waals surface area contributed by atoms with Gasteiger partial charge in [0.2, 0.25) is 5.91 Å². The Morgan fingerprint density at radius 1 is 1.16 bits per heavy atom. The van der Waals surface area contributed by atoms with Crippen molar-refractivity contribution in [3.05, 3.63) is 59.8 Å². The second-order valence-electron chi connectivity index (χ2n) is 9.42. The van der Waals surface area contributed by atoms with Gasteiger partial charge < -0.3 is 10.4 Å². The number of carbonyl (C=O) groups is 1. The van der Waals surface area contributed by atoms with Gasteiger partial charge >= 0.3 is 0 Å². The number of fused-ring (bicyclic) bond motifs is 1. The maximum Gasteiger partial charge on any atom is 0.228 e. The highest BCUT2D eigenvalue weighted by Gasteiger charge is 2.25. The van der Waals surface area contributed by atoms with Crippen molar-refractivity contribution in [2.45, 2.75) is 70.9 Å². The molecule has 1 aromatic heterocycles. The van der Waals surface area contributed by atoms with E-state index in [2.05, 4.69) is 23.1 Å². The fourth-order valence-corrected chi connectivity index (χ4v) is 4.68. The monoisotopic (exact) mass is 419 g/mol. The smallest absolute Gasteiger partial charge is 0.228 e. The predicted molar refractivity (Wildman–Crippen MR) is 125 cm³/mol. The van der Waals surface area contributed by atoms with Crippen LogP contribution in [0.2, 0.25) is 0 Å². The van der Waals surface area contributed by atoms with Crippen LogP contribution >= 0.6 is 0 Å². The molecule has 0 bridgehead atoms. The predicted octanol–water partition coefficient (Wildman–Crippen LogP) is 5.59. The lowest BCUT2D eigenvalue weighted by molar-refractivity contribution is -0.115. The summed E-state index contributed by atoms with van der Waals surface area (Å²) in [4.78, 5) is 12.7. The Morgan fingerprint density at radius 2 is 1.87 bits per heavy atom. The summed E-state index contributed by atoms with van der Waals surface area (Å²) in [7, 11) is 0. The molecule has 1 saturated carbocycles. The van der Waals surface area contributed by atoms with Gasteiger partial charge in [0.05, 0.1) is 23.6 Å². The third kappa shape index (κ3) is 4.99. The first kappa shape index (κ1) is 21.6. The topological polar surface area (TPSA) is 67.2 Å². The molecule has 31 heavy (non-hydrogen) atoms. The van der Waals surface area contributed by atoms with Crippen molar-refractivity contribution < 1.29 is 9.90 Å². The summed E-state index contributed by atoms with van der Waals surface area (Å²) in [6.45, 7) is 5.76. The van der Waals surface area contributed by atoms with Crippen LogP contribution in [0.25, 0.3) is 10.9 Å². The van der Waals surface area contributed by atoms with Gasteiger partial charge in [-0.15, -0.1) is 0 Å². The van der Waals surface area contributed by atoms with Gasteiger partial charge in [-0.3, -0.25) is 9.48 Å². The highest BCUT2D eigenvalue weighted by Crippen LogP contribution is 2.36. The number of hydrogen-bond acceptors (Lipinski definition) is 3. The van der Waals surface area contributed by atoms with Crippen molar-refractivity contribution in [3.8, 4) is 0 Å². The molecule has 2 aromatic carbocycles. The van der Waals surface area contributed by atoms with Crippen LogP contribution in [0.5, 0.6) is 0 Å². The van der Waals surface area contributed by atoms with Crippen LogP contribution < -0.4 is 5.32 Å². The van der Waals surface area contributed by atoms with Crippen LogP contribution in [0.15, 0.2) is 48.7 Å². The fraction of sp³-hybridized carbons (Fsp3) is 0.462. The SMILES string of the molecule is CCC1CCC(n2cc3cc(NC(=O)Cc4ccccc4)c(C(C)(C)O)cc3n2)CC1. The van der Waals surface area contributed by atoms with E-state index in [0.717, 1.165) is 35.2 Å². The Hall–Kier alpha value is -2.66. The molecule has 1 aliphatic rings. The molecule has 164 valence electrons. The Balaban J connectivity index is 1.60. The zero-order chi connectivity index (χ0) is 22.0. The minimum Gasteiger partial charge on any atom is -0.386 e. The van der Waals surface area contributed by atoms with Gasteiger partial charge in [0.25, 0.3) is 0 Å². The summed E-state index contributed by atoms with van der Waals surface area (Å²) in [6.07, 6.45) is 8.48. The minimum absolute atomic E-state index is 0.0960. The van der Waals surface area contributed by atoms with Crippen LogP contribution in [0.4, 0.5) is 5.69 Å². The van der Waals surface area contributed by atoms with E-state index in [-0.39, 0.29) is 5.91 Å². The van der Waals surface area contributed by atoms with Crippen LogP contribution in [0.3, 0.4) is 0 Å². The minimum atomic E-state index is -1.09. The molecule has 0 unspecified atom stereocenters. The number of nitrogens with zero attached hydrogens (tertiary/aromatic N) is 2. The van der Waals surface area contributed by atoms with E-state index < -0.39 is 5.60 Å². The first-order valence-electron chi connectivity index (χ1n) is 11.4. The second kappa shape index (κ2) is 8.83. The quantitative estimate of drug-likeness (QED) is 0.548. The van der Waals surface area contributed by atoms with Gasteiger partial charge in [0.15, 0.2) is 0 Å². The normalized spacial score (nSPS) is 19.5. The lowest BCUT2D eigenvalue weighted by atomic mass is 9.85. The molecule has 1 heterocycles. The maximum absolute atomic E-state index is 12.7. The first-order valence-corrected chi connectivity index (χ1v) is 11.4. The summed E-state index contributed by atoms with van der Waals surface area (Å²) in [5.41, 5.74) is 2.06. The number of nitrogens with one attached hydrogen (secondary N) is 1. The van der Waals surface area contributed by atoms with Gasteiger partial charge in [-0.25, -0.2) is 0 Å². The van der Waals surface area contributed by atoms with Crippen molar-refractivity contribution in [2.24, 2.45) is 5.92 Å². The molecule has 0 spiro atoms. The number of aromatic nitrogens is 2. The third-order valence-electron chi connectivity index (χ3n) is 6.57. The van der Waals surface area contributed by atoms with Crippen LogP contribution in [0, 0.1) is 5.92 Å². The van der Waals surface area contributed by atoms with Crippen molar-refractivity contribution >= 4 is 22.5 Å². The van der Waals surface area contributed by atoms with E-state index in [0.29, 0.717) is 23.7 Å². The molecule has 0 radical (unpaired) electrons. The number of anilines is 1. The van der Waals surface area contributed by atoms with Crippen molar-refractivity contribution in [1.82, 2.24) is 9.78 Å². The van der Waals surface area contributed by atoms with Gasteiger partial charge in [-0.2, -0.15) is 5.10 Å². The Bertz CT molecular complexity index is 1040. The van der Waals surface area contributed by atoms with E-state index in [1.165, 1.54) is 19.3 Å². The molecular weight excluding hydrogens is 386 g/mol. The molecule has 0 aliphatic heterocycles. The van der Waals surface area contributed by atoms with E-state index in [4.69, 9.17) is 5.10 Å². The molecule has 0 atom stereocenters. The number of carbonyl (C=O) groups excluding carboxylic acids is 1. The Morgan fingerprint density at radius 3 is 2.52 bits per heavy atom. The van der Waals surface area contributed by atoms with Crippen LogP contribution in [-0.4, -0.2) is 20.8 Å². The zero-order valence-electron chi connectivity index (χ0n) is 18.8. The standard InChI is InChI=1S/C26H33N3O2/c1-4-18-10-12-21(13-11-18)29-17-20-15-24(22(26(2,3)31)16-23(20)28-29)27-25(30)14-19-8-6-5-7-9-19/h5-9,15-18,21,31H,4,10-14H2,1-3H3,(H,27,30). The molecule has 1 amide bonds. The summed E-state index contributed by atoms with van der Waals surface area (Å²) >= 11 is 0. The molecule has 3 aromatic rings. The number of aliphatic hydroxyl groups is 1. The van der Waals surface area contributed by atoms with E-state index in [1.54, 1.807) is 13.8 Å². The summed E-state index contributed by atoms with van der Waals surface area (Å²) in [6, 6.07) is 14.0. The van der Waals surface area contributed by atoms with Crippen molar-refractivity contribution in [2.75, 3.05) is 5.32 Å². The molecule has 4 rings (SSSR count). The van der Waals surface area contributed by atoms with Gasteiger partial charge in [0.1, 0.15) is 0 Å². The second-order valence-corrected chi connectivity index (χ2v) is 9.42. The van der Waals surface area contributed by atoms with E-state index in [1.807, 2.05) is 42.5 Å². The molecule has 0 saturated heterocycles. The van der Waals surface area contributed by atoms with Gasteiger partial charge in [-0.05, 0) is 63.1 Å². The molecule has 2 N–H and O–H groups in total. The maximum atomic E-state index is 12.7. The number of hydrogen-bond donors (Lipinski definition) is 2. The largest absolute Gasteiger partial charge is 0.386 e. The highest BCUT2D eigenvalue weighted by atomic mass is 16.3. The highest BCUT2D eigenvalue weighted by molar-refractivity contribution is 5.96. The lowest BCUT2D eigenvalue weighted by Gasteiger charge is -2.27. The van der Waals surface area contributed by atoms with E-state index in [9.17, 15) is 9.90 Å². The number of benzene rings is 2. The molecular formula is C26H33N3O2. The molecule has 5 heteroatoms. The Labute approximate surface area is 184 Å². The zero-order valence-corrected chi connectivity index (χ0v) is 18.8. The van der Waals surface area contributed by atoms with Gasteiger partial charge in [-0.1, -0.05) is 43.7 Å². The summed E-state index contributed by atoms with van der Waals surface area (Å²) in [5.74, 6) is 0.746. The summed E-state index contributed by atoms with van der Waals surface area (Å²) < 4.78 is 2.10. The number of rotatable bonds is 6. The number of amides is 1. The first-order chi connectivity index (χ1) is 14.8. The van der Waals surface area contributed by atoms with Crippen molar-refractivity contribution in [3.63, 3.8) is 0 Å². The van der Waals surface area contributed by atoms with Gasteiger partial charge in [0, 0.05) is 22.8 Å². The average Bonchev–Trinajstić information content (AvgIpc) is 3.16. The van der Waals surface area contributed by atoms with Crippen LogP contribution in [0.1, 0.15) is 70.0 Å². The molecule has 1 aliphatic carbocycles.